The monoisotopic (exact) mass is 325 g/mol. The van der Waals surface area contributed by atoms with Crippen LogP contribution in [0.5, 0.6) is 0 Å². The number of likely N-dealkylation sites (N-methyl/N-ethyl adjacent to an activating group) is 1. The van der Waals surface area contributed by atoms with E-state index in [1.807, 2.05) is 7.05 Å². The van der Waals surface area contributed by atoms with Gasteiger partial charge in [0.05, 0.1) is 4.92 Å². The number of rotatable bonds is 4. The van der Waals surface area contributed by atoms with Crippen LogP contribution in [0.25, 0.3) is 0 Å². The summed E-state index contributed by atoms with van der Waals surface area (Å²) < 4.78 is 13.7. The maximum absolute atomic E-state index is 13.7. The van der Waals surface area contributed by atoms with Gasteiger partial charge in [-0.2, -0.15) is 4.39 Å². The zero-order valence-corrected chi connectivity index (χ0v) is 13.1. The number of aliphatic hydroxyl groups excluding tert-OH is 1. The van der Waals surface area contributed by atoms with Crippen molar-refractivity contribution in [3.8, 4) is 0 Å². The van der Waals surface area contributed by atoms with Gasteiger partial charge in [0.25, 0.3) is 5.91 Å². The summed E-state index contributed by atoms with van der Waals surface area (Å²) >= 11 is 0. The fraction of sp³-hybridized carbons (Fsp3) is 0.533. The van der Waals surface area contributed by atoms with Gasteiger partial charge in [-0.25, -0.2) is 0 Å². The molecular formula is C15H20FN3O4. The smallest absolute Gasteiger partial charge is 0.304 e. The Morgan fingerprint density at radius 2 is 1.96 bits per heavy atom. The average molecular weight is 325 g/mol. The molecule has 1 aromatic rings. The molecule has 0 bridgehead atoms. The van der Waals surface area contributed by atoms with Gasteiger partial charge < -0.3 is 14.9 Å². The van der Waals surface area contributed by atoms with Crippen molar-refractivity contribution in [3.63, 3.8) is 0 Å². The van der Waals surface area contributed by atoms with Crippen molar-refractivity contribution in [1.82, 2.24) is 9.80 Å². The van der Waals surface area contributed by atoms with Crippen LogP contribution in [0.2, 0.25) is 0 Å². The van der Waals surface area contributed by atoms with Crippen molar-refractivity contribution in [2.45, 2.75) is 18.9 Å². The third-order valence-corrected chi connectivity index (χ3v) is 4.24. The molecule has 1 aliphatic heterocycles. The number of benzene rings is 1. The van der Waals surface area contributed by atoms with Crippen LogP contribution in [0.4, 0.5) is 10.1 Å². The number of nitro groups is 1. The molecule has 2 rings (SSSR count). The summed E-state index contributed by atoms with van der Waals surface area (Å²) in [7, 11) is 1.96. The second kappa shape index (κ2) is 7.01. The molecule has 23 heavy (non-hydrogen) atoms. The summed E-state index contributed by atoms with van der Waals surface area (Å²) in [6, 6.07) is 3.42. The Balaban J connectivity index is 2.09. The Morgan fingerprint density at radius 3 is 2.48 bits per heavy atom. The number of halogens is 1. The van der Waals surface area contributed by atoms with Gasteiger partial charge in [-0.05, 0) is 18.7 Å². The second-order valence-electron chi connectivity index (χ2n) is 5.83. The topological polar surface area (TPSA) is 86.9 Å². The van der Waals surface area contributed by atoms with Crippen LogP contribution < -0.4 is 0 Å². The molecule has 0 radical (unpaired) electrons. The molecule has 7 nitrogen and oxygen atoms in total. The third-order valence-electron chi connectivity index (χ3n) is 4.24. The summed E-state index contributed by atoms with van der Waals surface area (Å²) in [6.07, 6.45) is -1.31. The van der Waals surface area contributed by atoms with Crippen LogP contribution >= 0.6 is 0 Å². The second-order valence-corrected chi connectivity index (χ2v) is 5.83. The van der Waals surface area contributed by atoms with Gasteiger partial charge in [0.15, 0.2) is 0 Å². The first-order valence-corrected chi connectivity index (χ1v) is 7.40. The predicted molar refractivity (Wildman–Crippen MR) is 81.6 cm³/mol. The standard InChI is InChI=1S/C15H20FN3O4/c1-10(11-3-4-13(19(22)23)12(16)9-11)14(20)15(21)18-7-5-17(2)6-8-18/h3-4,9-10,14,20H,5-8H2,1-2H3. The number of hydrogen-bond donors (Lipinski definition) is 1. The van der Waals surface area contributed by atoms with Gasteiger partial charge in [0.2, 0.25) is 5.82 Å². The van der Waals surface area contributed by atoms with Crippen LogP contribution in [0.1, 0.15) is 18.4 Å². The number of nitrogens with zero attached hydrogens (tertiary/aromatic N) is 3. The normalized spacial score (nSPS) is 18.5. The maximum atomic E-state index is 13.7. The van der Waals surface area contributed by atoms with Crippen molar-refractivity contribution >= 4 is 11.6 Å². The average Bonchev–Trinajstić information content (AvgIpc) is 2.53. The summed E-state index contributed by atoms with van der Waals surface area (Å²) in [5.41, 5.74) is -0.274. The molecule has 8 heteroatoms. The molecule has 1 fully saturated rings. The molecule has 0 aliphatic carbocycles. The minimum atomic E-state index is -1.31. The molecule has 1 aromatic carbocycles. The molecule has 1 saturated heterocycles. The van der Waals surface area contributed by atoms with Crippen LogP contribution in [-0.4, -0.2) is 65.1 Å². The van der Waals surface area contributed by atoms with Gasteiger partial charge in [-0.1, -0.05) is 13.0 Å². The summed E-state index contributed by atoms with van der Waals surface area (Å²) in [5.74, 6) is -2.03. The third kappa shape index (κ3) is 3.83. The van der Waals surface area contributed by atoms with Gasteiger partial charge in [0, 0.05) is 38.2 Å². The fourth-order valence-corrected chi connectivity index (χ4v) is 2.56. The Kier molecular flexibility index (Phi) is 5.27. The molecule has 2 atom stereocenters. The number of amides is 1. The lowest BCUT2D eigenvalue weighted by Crippen LogP contribution is -2.51. The van der Waals surface area contributed by atoms with Gasteiger partial charge in [-0.15, -0.1) is 0 Å². The Labute approximate surface area is 133 Å². The molecule has 0 spiro atoms. The fourth-order valence-electron chi connectivity index (χ4n) is 2.56. The zero-order valence-electron chi connectivity index (χ0n) is 13.1. The van der Waals surface area contributed by atoms with Gasteiger partial charge >= 0.3 is 5.69 Å². The van der Waals surface area contributed by atoms with E-state index in [0.717, 1.165) is 25.2 Å². The van der Waals surface area contributed by atoms with Crippen molar-refractivity contribution in [3.05, 3.63) is 39.7 Å². The first-order chi connectivity index (χ1) is 10.8. The van der Waals surface area contributed by atoms with E-state index >= 15 is 0 Å². The van der Waals surface area contributed by atoms with E-state index in [4.69, 9.17) is 0 Å². The lowest BCUT2D eigenvalue weighted by atomic mass is 9.94. The first kappa shape index (κ1) is 17.3. The van der Waals surface area contributed by atoms with E-state index in [0.29, 0.717) is 18.7 Å². The van der Waals surface area contributed by atoms with Crippen molar-refractivity contribution in [1.29, 1.82) is 0 Å². The minimum absolute atomic E-state index is 0.350. The van der Waals surface area contributed by atoms with E-state index in [9.17, 15) is 24.4 Å². The molecule has 1 heterocycles. The summed E-state index contributed by atoms with van der Waals surface area (Å²) in [6.45, 7) is 4.14. The number of piperazine rings is 1. The lowest BCUT2D eigenvalue weighted by molar-refractivity contribution is -0.387. The van der Waals surface area contributed by atoms with Crippen molar-refractivity contribution < 1.29 is 19.2 Å². The van der Waals surface area contributed by atoms with E-state index in [1.165, 1.54) is 6.07 Å². The summed E-state index contributed by atoms with van der Waals surface area (Å²) in [5, 5.41) is 20.9. The van der Waals surface area contributed by atoms with Crippen LogP contribution in [0.15, 0.2) is 18.2 Å². The number of nitro benzene ring substituents is 1. The lowest BCUT2D eigenvalue weighted by Gasteiger charge is -2.34. The molecule has 126 valence electrons. The Bertz CT molecular complexity index is 602. The predicted octanol–water partition coefficient (Wildman–Crippen LogP) is 0.972. The summed E-state index contributed by atoms with van der Waals surface area (Å²) in [4.78, 5) is 25.8. The van der Waals surface area contributed by atoms with E-state index in [2.05, 4.69) is 4.90 Å². The van der Waals surface area contributed by atoms with Gasteiger partial charge in [0.1, 0.15) is 6.10 Å². The molecular weight excluding hydrogens is 305 g/mol. The van der Waals surface area contributed by atoms with E-state index in [-0.39, 0.29) is 0 Å². The molecule has 1 aliphatic rings. The molecule has 1 amide bonds. The van der Waals surface area contributed by atoms with Crippen LogP contribution in [0, 0.1) is 15.9 Å². The molecule has 2 unspecified atom stereocenters. The van der Waals surface area contributed by atoms with E-state index in [1.54, 1.807) is 11.8 Å². The minimum Gasteiger partial charge on any atom is -0.383 e. The number of hydrogen-bond acceptors (Lipinski definition) is 5. The van der Waals surface area contributed by atoms with Crippen LogP contribution in [-0.2, 0) is 4.79 Å². The quantitative estimate of drug-likeness (QED) is 0.658. The molecule has 0 saturated carbocycles. The Hall–Kier alpha value is -2.06. The highest BCUT2D eigenvalue weighted by Gasteiger charge is 2.30. The van der Waals surface area contributed by atoms with Crippen molar-refractivity contribution in [2.75, 3.05) is 33.2 Å². The highest BCUT2D eigenvalue weighted by Crippen LogP contribution is 2.26. The van der Waals surface area contributed by atoms with E-state index < -0.39 is 34.4 Å². The van der Waals surface area contributed by atoms with Gasteiger partial charge in [-0.3, -0.25) is 14.9 Å². The Morgan fingerprint density at radius 1 is 1.35 bits per heavy atom. The molecule has 1 N–H and O–H groups in total. The maximum Gasteiger partial charge on any atom is 0.304 e. The van der Waals surface area contributed by atoms with Crippen molar-refractivity contribution in [2.24, 2.45) is 0 Å². The molecule has 0 aromatic heterocycles. The SMILES string of the molecule is CC(c1ccc([N+](=O)[O-])c(F)c1)C(O)C(=O)N1CCN(C)CC1. The largest absolute Gasteiger partial charge is 0.383 e. The highest BCUT2D eigenvalue weighted by molar-refractivity contribution is 5.82. The van der Waals surface area contributed by atoms with Crippen LogP contribution in [0.3, 0.4) is 0 Å². The number of carbonyl (C=O) groups is 1. The highest BCUT2D eigenvalue weighted by atomic mass is 19.1. The number of carbonyl (C=O) groups excluding carboxylic acids is 1. The number of aliphatic hydroxyl groups is 1. The zero-order chi connectivity index (χ0) is 17.1. The first-order valence-electron chi connectivity index (χ1n) is 7.40.